The maximum atomic E-state index is 5.84. The first-order valence-electron chi connectivity index (χ1n) is 7.20. The lowest BCUT2D eigenvalue weighted by molar-refractivity contribution is 0.304. The minimum absolute atomic E-state index is 0.595. The third kappa shape index (κ3) is 4.10. The van der Waals surface area contributed by atoms with E-state index in [1.165, 1.54) is 11.1 Å². The molecular weight excluding hydrogens is 250 g/mol. The van der Waals surface area contributed by atoms with Crippen LogP contribution in [0.5, 0.6) is 5.75 Å². The quantitative estimate of drug-likeness (QED) is 0.803. The standard InChI is InChI=1S/C16H23N3O/c1-3-10-19-12-16(11-18-19)20-13-15-7-5-4-6-14(15)8-9-17-2/h4-7,11-12,17H,3,8-10,13H2,1-2H3. The summed E-state index contributed by atoms with van der Waals surface area (Å²) in [6, 6.07) is 8.42. The Labute approximate surface area is 120 Å². The van der Waals surface area contributed by atoms with Gasteiger partial charge in [0.2, 0.25) is 0 Å². The molecule has 1 aromatic heterocycles. The predicted molar refractivity (Wildman–Crippen MR) is 80.9 cm³/mol. The summed E-state index contributed by atoms with van der Waals surface area (Å²) in [5.41, 5.74) is 2.58. The van der Waals surface area contributed by atoms with Crippen molar-refractivity contribution in [1.29, 1.82) is 0 Å². The van der Waals surface area contributed by atoms with E-state index in [4.69, 9.17) is 4.74 Å². The molecule has 4 heteroatoms. The minimum atomic E-state index is 0.595. The first-order valence-corrected chi connectivity index (χ1v) is 7.20. The van der Waals surface area contributed by atoms with Crippen molar-refractivity contribution in [3.8, 4) is 5.75 Å². The number of likely N-dealkylation sites (N-methyl/N-ethyl adjacent to an activating group) is 1. The summed E-state index contributed by atoms with van der Waals surface area (Å²) < 4.78 is 7.75. The maximum Gasteiger partial charge on any atom is 0.157 e. The van der Waals surface area contributed by atoms with Crippen LogP contribution >= 0.6 is 0 Å². The Hall–Kier alpha value is -1.81. The van der Waals surface area contributed by atoms with Crippen molar-refractivity contribution >= 4 is 0 Å². The van der Waals surface area contributed by atoms with Crippen LogP contribution in [0.1, 0.15) is 24.5 Å². The van der Waals surface area contributed by atoms with Gasteiger partial charge >= 0.3 is 0 Å². The highest BCUT2D eigenvalue weighted by atomic mass is 16.5. The van der Waals surface area contributed by atoms with E-state index in [1.54, 1.807) is 6.20 Å². The molecule has 0 aliphatic rings. The van der Waals surface area contributed by atoms with Crippen molar-refractivity contribution in [3.63, 3.8) is 0 Å². The van der Waals surface area contributed by atoms with E-state index in [-0.39, 0.29) is 0 Å². The van der Waals surface area contributed by atoms with Crippen LogP contribution in [0.15, 0.2) is 36.7 Å². The Balaban J connectivity index is 1.95. The van der Waals surface area contributed by atoms with Crippen LogP contribution in [0.3, 0.4) is 0 Å². The van der Waals surface area contributed by atoms with Gasteiger partial charge in [-0.1, -0.05) is 31.2 Å². The Kier molecular flexibility index (Phi) is 5.62. The lowest BCUT2D eigenvalue weighted by atomic mass is 10.1. The first kappa shape index (κ1) is 14.6. The zero-order valence-corrected chi connectivity index (χ0v) is 12.3. The van der Waals surface area contributed by atoms with Gasteiger partial charge in [0, 0.05) is 6.54 Å². The van der Waals surface area contributed by atoms with Crippen molar-refractivity contribution in [2.45, 2.75) is 32.9 Å². The maximum absolute atomic E-state index is 5.84. The molecular formula is C16H23N3O. The lowest BCUT2D eigenvalue weighted by Gasteiger charge is -2.09. The van der Waals surface area contributed by atoms with Crippen LogP contribution in [-0.2, 0) is 19.6 Å². The van der Waals surface area contributed by atoms with Gasteiger partial charge in [0.25, 0.3) is 0 Å². The van der Waals surface area contributed by atoms with E-state index in [1.807, 2.05) is 17.9 Å². The molecule has 0 saturated heterocycles. The summed E-state index contributed by atoms with van der Waals surface area (Å²) >= 11 is 0. The summed E-state index contributed by atoms with van der Waals surface area (Å²) in [4.78, 5) is 0. The number of aryl methyl sites for hydroxylation is 1. The molecule has 1 aromatic carbocycles. The molecule has 20 heavy (non-hydrogen) atoms. The van der Waals surface area contributed by atoms with E-state index in [0.717, 1.165) is 31.7 Å². The van der Waals surface area contributed by atoms with Gasteiger partial charge in [-0.15, -0.1) is 0 Å². The van der Waals surface area contributed by atoms with Crippen LogP contribution in [0.2, 0.25) is 0 Å². The molecule has 0 bridgehead atoms. The first-order chi connectivity index (χ1) is 9.83. The van der Waals surface area contributed by atoms with Gasteiger partial charge in [-0.05, 0) is 37.6 Å². The summed E-state index contributed by atoms with van der Waals surface area (Å²) in [6.45, 7) is 4.64. The molecule has 0 aliphatic carbocycles. The van der Waals surface area contributed by atoms with Crippen LogP contribution in [-0.4, -0.2) is 23.4 Å². The molecule has 108 valence electrons. The monoisotopic (exact) mass is 273 g/mol. The van der Waals surface area contributed by atoms with Gasteiger partial charge < -0.3 is 10.1 Å². The average Bonchev–Trinajstić information content (AvgIpc) is 2.92. The second-order valence-corrected chi connectivity index (χ2v) is 4.85. The molecule has 0 unspecified atom stereocenters. The minimum Gasteiger partial charge on any atom is -0.486 e. The molecule has 0 radical (unpaired) electrons. The third-order valence-corrected chi connectivity index (χ3v) is 3.22. The van der Waals surface area contributed by atoms with Crippen molar-refractivity contribution in [3.05, 3.63) is 47.8 Å². The summed E-state index contributed by atoms with van der Waals surface area (Å²) in [5.74, 6) is 0.835. The van der Waals surface area contributed by atoms with Gasteiger partial charge in [-0.3, -0.25) is 4.68 Å². The van der Waals surface area contributed by atoms with Gasteiger partial charge in [0.05, 0.1) is 12.4 Å². The van der Waals surface area contributed by atoms with E-state index < -0.39 is 0 Å². The van der Waals surface area contributed by atoms with Gasteiger partial charge in [-0.25, -0.2) is 0 Å². The molecule has 0 amide bonds. The normalized spacial score (nSPS) is 10.7. The number of nitrogens with one attached hydrogen (secondary N) is 1. The molecule has 1 heterocycles. The van der Waals surface area contributed by atoms with Crippen LogP contribution < -0.4 is 10.1 Å². The van der Waals surface area contributed by atoms with Crippen LogP contribution in [0.4, 0.5) is 0 Å². The number of rotatable bonds is 8. The molecule has 0 aliphatic heterocycles. The number of hydrogen-bond acceptors (Lipinski definition) is 3. The molecule has 4 nitrogen and oxygen atoms in total. The number of nitrogens with zero attached hydrogens (tertiary/aromatic N) is 2. The third-order valence-electron chi connectivity index (χ3n) is 3.22. The second kappa shape index (κ2) is 7.70. The van der Waals surface area contributed by atoms with Crippen molar-refractivity contribution < 1.29 is 4.74 Å². The molecule has 0 atom stereocenters. The second-order valence-electron chi connectivity index (χ2n) is 4.85. The molecule has 0 fully saturated rings. The van der Waals surface area contributed by atoms with E-state index >= 15 is 0 Å². The van der Waals surface area contributed by atoms with Crippen molar-refractivity contribution in [2.75, 3.05) is 13.6 Å². The number of benzene rings is 1. The Morgan fingerprint density at radius 3 is 2.80 bits per heavy atom. The van der Waals surface area contributed by atoms with Crippen molar-refractivity contribution in [1.82, 2.24) is 15.1 Å². The summed E-state index contributed by atoms with van der Waals surface area (Å²) in [5, 5.41) is 7.45. The average molecular weight is 273 g/mol. The highest BCUT2D eigenvalue weighted by Gasteiger charge is 2.04. The summed E-state index contributed by atoms with van der Waals surface area (Å²) in [7, 11) is 1.97. The summed E-state index contributed by atoms with van der Waals surface area (Å²) in [6.07, 6.45) is 5.84. The zero-order valence-electron chi connectivity index (χ0n) is 12.3. The largest absolute Gasteiger partial charge is 0.486 e. The molecule has 0 spiro atoms. The molecule has 0 saturated carbocycles. The lowest BCUT2D eigenvalue weighted by Crippen LogP contribution is -2.12. The van der Waals surface area contributed by atoms with Crippen molar-refractivity contribution in [2.24, 2.45) is 0 Å². The van der Waals surface area contributed by atoms with Gasteiger partial charge in [0.15, 0.2) is 5.75 Å². The van der Waals surface area contributed by atoms with Gasteiger partial charge in [-0.2, -0.15) is 5.10 Å². The van der Waals surface area contributed by atoms with E-state index in [0.29, 0.717) is 6.61 Å². The number of hydrogen-bond donors (Lipinski definition) is 1. The smallest absolute Gasteiger partial charge is 0.157 e. The molecule has 2 rings (SSSR count). The predicted octanol–water partition coefficient (Wildman–Crippen LogP) is 2.63. The Bertz CT molecular complexity index is 522. The molecule has 2 aromatic rings. The van der Waals surface area contributed by atoms with Crippen LogP contribution in [0.25, 0.3) is 0 Å². The fraction of sp³-hybridized carbons (Fsp3) is 0.438. The topological polar surface area (TPSA) is 39.1 Å². The Morgan fingerprint density at radius 1 is 1.25 bits per heavy atom. The number of aromatic nitrogens is 2. The van der Waals surface area contributed by atoms with Gasteiger partial charge in [0.1, 0.15) is 6.61 Å². The SMILES string of the molecule is CCCn1cc(OCc2ccccc2CCNC)cn1. The molecule has 1 N–H and O–H groups in total. The Morgan fingerprint density at radius 2 is 2.05 bits per heavy atom. The van der Waals surface area contributed by atoms with E-state index in [9.17, 15) is 0 Å². The highest BCUT2D eigenvalue weighted by molar-refractivity contribution is 5.27. The fourth-order valence-electron chi connectivity index (χ4n) is 2.13. The highest BCUT2D eigenvalue weighted by Crippen LogP contribution is 2.15. The van der Waals surface area contributed by atoms with E-state index in [2.05, 4.69) is 41.6 Å². The fourth-order valence-corrected chi connectivity index (χ4v) is 2.13. The van der Waals surface area contributed by atoms with Crippen LogP contribution in [0, 0.1) is 0 Å². The zero-order chi connectivity index (χ0) is 14.2. The number of ether oxygens (including phenoxy) is 1.